The van der Waals surface area contributed by atoms with Crippen molar-refractivity contribution in [3.05, 3.63) is 88.0 Å². The SMILES string of the molecule is Cc1ccc(C2(F)NC=C(Cl)C(c3oc(C)nc3C3CCCCC3)=C2c2ccc(S(C)(=O)=O)cc2)cn1. The number of halogens is 2. The summed E-state index contributed by atoms with van der Waals surface area (Å²) >= 11 is 6.80. The fourth-order valence-corrected chi connectivity index (χ4v) is 6.07. The van der Waals surface area contributed by atoms with E-state index in [0.29, 0.717) is 22.8 Å². The van der Waals surface area contributed by atoms with Crippen molar-refractivity contribution in [1.29, 1.82) is 0 Å². The molecule has 1 aromatic carbocycles. The Labute approximate surface area is 221 Å². The number of hydrogen-bond donors (Lipinski definition) is 1. The number of aryl methyl sites for hydroxylation is 2. The van der Waals surface area contributed by atoms with Gasteiger partial charge in [-0.2, -0.15) is 0 Å². The summed E-state index contributed by atoms with van der Waals surface area (Å²) in [7, 11) is -3.43. The largest absolute Gasteiger partial charge is 0.441 e. The third kappa shape index (κ3) is 4.84. The van der Waals surface area contributed by atoms with Crippen molar-refractivity contribution in [1.82, 2.24) is 15.3 Å². The molecule has 0 spiro atoms. The van der Waals surface area contributed by atoms with Crippen molar-refractivity contribution in [3.8, 4) is 0 Å². The molecule has 0 saturated heterocycles. The van der Waals surface area contributed by atoms with Crippen LogP contribution in [0, 0.1) is 13.8 Å². The topological polar surface area (TPSA) is 85.1 Å². The number of nitrogens with zero attached hydrogens (tertiary/aromatic N) is 2. The second-order valence-electron chi connectivity index (χ2n) is 9.81. The Morgan fingerprint density at radius 3 is 2.41 bits per heavy atom. The molecule has 1 atom stereocenters. The Bertz CT molecular complexity index is 1490. The normalized spacial score (nSPS) is 21.1. The van der Waals surface area contributed by atoms with Crippen molar-refractivity contribution in [2.45, 2.75) is 62.6 Å². The molecule has 1 N–H and O–H groups in total. The molecule has 194 valence electrons. The number of nitrogens with one attached hydrogen (secondary N) is 1. The molecular weight excluding hydrogens is 513 g/mol. The van der Waals surface area contributed by atoms with E-state index in [1.807, 2.05) is 6.92 Å². The van der Waals surface area contributed by atoms with Gasteiger partial charge in [-0.1, -0.05) is 49.1 Å². The Balaban J connectivity index is 1.79. The Morgan fingerprint density at radius 2 is 1.78 bits per heavy atom. The van der Waals surface area contributed by atoms with Gasteiger partial charge in [-0.25, -0.2) is 17.8 Å². The molecule has 1 aliphatic carbocycles. The van der Waals surface area contributed by atoms with Crippen LogP contribution in [0.3, 0.4) is 0 Å². The third-order valence-electron chi connectivity index (χ3n) is 7.09. The first-order valence-corrected chi connectivity index (χ1v) is 14.6. The monoisotopic (exact) mass is 541 g/mol. The van der Waals surface area contributed by atoms with Gasteiger partial charge in [0.2, 0.25) is 5.79 Å². The van der Waals surface area contributed by atoms with Crippen LogP contribution in [0.1, 0.15) is 72.2 Å². The summed E-state index contributed by atoms with van der Waals surface area (Å²) in [4.78, 5) is 9.19. The second-order valence-corrected chi connectivity index (χ2v) is 12.2. The third-order valence-corrected chi connectivity index (χ3v) is 8.52. The van der Waals surface area contributed by atoms with Gasteiger partial charge in [0.05, 0.1) is 15.6 Å². The minimum Gasteiger partial charge on any atom is -0.441 e. The van der Waals surface area contributed by atoms with Gasteiger partial charge in [0, 0.05) is 53.9 Å². The molecule has 2 aromatic heterocycles. The van der Waals surface area contributed by atoms with Gasteiger partial charge in [-0.05, 0) is 43.5 Å². The van der Waals surface area contributed by atoms with Crippen LogP contribution < -0.4 is 5.32 Å². The summed E-state index contributed by atoms with van der Waals surface area (Å²) in [6, 6.07) is 9.57. The zero-order valence-corrected chi connectivity index (χ0v) is 22.6. The number of allylic oxidation sites excluding steroid dienone is 2. The van der Waals surface area contributed by atoms with E-state index in [1.165, 1.54) is 31.0 Å². The summed E-state index contributed by atoms with van der Waals surface area (Å²) < 4.78 is 47.7. The highest BCUT2D eigenvalue weighted by molar-refractivity contribution is 7.90. The Hall–Kier alpha value is -2.97. The summed E-state index contributed by atoms with van der Waals surface area (Å²) in [6.45, 7) is 3.61. The van der Waals surface area contributed by atoms with Crippen LogP contribution in [-0.4, -0.2) is 24.6 Å². The molecular formula is C28H29ClFN3O3S. The van der Waals surface area contributed by atoms with E-state index in [1.54, 1.807) is 31.2 Å². The van der Waals surface area contributed by atoms with Crippen LogP contribution in [0.4, 0.5) is 4.39 Å². The average molecular weight is 542 g/mol. The summed E-state index contributed by atoms with van der Waals surface area (Å²) in [5, 5.41) is 3.12. The highest BCUT2D eigenvalue weighted by Gasteiger charge is 2.44. The fraction of sp³-hybridized carbons (Fsp3) is 0.357. The minimum atomic E-state index is -3.43. The maximum atomic E-state index is 17.3. The van der Waals surface area contributed by atoms with Gasteiger partial charge in [-0.15, -0.1) is 0 Å². The Kier molecular flexibility index (Phi) is 6.75. The fourth-order valence-electron chi connectivity index (χ4n) is 5.21. The number of dihydropyridines is 1. The lowest BCUT2D eigenvalue weighted by molar-refractivity contribution is 0.213. The van der Waals surface area contributed by atoms with Gasteiger partial charge >= 0.3 is 0 Å². The van der Waals surface area contributed by atoms with Crippen molar-refractivity contribution in [2.75, 3.05) is 6.26 Å². The number of aromatic nitrogens is 2. The predicted molar refractivity (Wildman–Crippen MR) is 142 cm³/mol. The highest BCUT2D eigenvalue weighted by atomic mass is 35.5. The van der Waals surface area contributed by atoms with Crippen LogP contribution in [-0.2, 0) is 15.6 Å². The quantitative estimate of drug-likeness (QED) is 0.368. The number of hydrogen-bond acceptors (Lipinski definition) is 6. The van der Waals surface area contributed by atoms with Crippen molar-refractivity contribution in [3.63, 3.8) is 0 Å². The minimum absolute atomic E-state index is 0.142. The van der Waals surface area contributed by atoms with Crippen molar-refractivity contribution in [2.24, 2.45) is 0 Å². The molecule has 37 heavy (non-hydrogen) atoms. The molecule has 6 nitrogen and oxygen atoms in total. The van der Waals surface area contributed by atoms with Crippen LogP contribution >= 0.6 is 11.6 Å². The van der Waals surface area contributed by atoms with E-state index in [2.05, 4.69) is 10.3 Å². The second kappa shape index (κ2) is 9.72. The molecule has 0 amide bonds. The van der Waals surface area contributed by atoms with E-state index < -0.39 is 15.6 Å². The van der Waals surface area contributed by atoms with Crippen molar-refractivity contribution < 1.29 is 17.2 Å². The molecule has 0 radical (unpaired) electrons. The number of alkyl halides is 1. The lowest BCUT2D eigenvalue weighted by Crippen LogP contribution is -2.39. The smallest absolute Gasteiger partial charge is 0.234 e. The zero-order chi connectivity index (χ0) is 26.4. The molecule has 1 saturated carbocycles. The van der Waals surface area contributed by atoms with E-state index >= 15 is 4.39 Å². The molecule has 0 bridgehead atoms. The van der Waals surface area contributed by atoms with Gasteiger partial charge in [-0.3, -0.25) is 4.98 Å². The van der Waals surface area contributed by atoms with Gasteiger partial charge in [0.1, 0.15) is 0 Å². The molecule has 1 unspecified atom stereocenters. The van der Waals surface area contributed by atoms with E-state index in [4.69, 9.17) is 21.0 Å². The van der Waals surface area contributed by atoms with Crippen LogP contribution in [0.25, 0.3) is 11.1 Å². The molecule has 5 rings (SSSR count). The molecule has 2 aliphatic rings. The van der Waals surface area contributed by atoms with Gasteiger partial charge in [0.25, 0.3) is 0 Å². The number of sulfone groups is 1. The lowest BCUT2D eigenvalue weighted by Gasteiger charge is -2.35. The number of benzene rings is 1. The summed E-state index contributed by atoms with van der Waals surface area (Å²) in [5.74, 6) is -1.08. The number of pyridine rings is 1. The predicted octanol–water partition coefficient (Wildman–Crippen LogP) is 6.55. The van der Waals surface area contributed by atoms with Gasteiger partial charge < -0.3 is 9.73 Å². The first-order chi connectivity index (χ1) is 17.6. The lowest BCUT2D eigenvalue weighted by atomic mass is 9.81. The molecule has 3 heterocycles. The Morgan fingerprint density at radius 1 is 1.08 bits per heavy atom. The van der Waals surface area contributed by atoms with E-state index in [9.17, 15) is 8.42 Å². The summed E-state index contributed by atoms with van der Waals surface area (Å²) in [6.07, 6.45) is 9.41. The standard InChI is InChI=1S/C28H29ClFN3O3S/c1-17-9-12-21(15-31-17)28(30)25(19-10-13-22(14-11-19)37(3,34)35)24(23(29)16-32-28)27-26(33-18(2)36-27)20-7-5-4-6-8-20/h9-16,20,32H,4-8H2,1-3H3. The highest BCUT2D eigenvalue weighted by Crippen LogP contribution is 2.50. The van der Waals surface area contributed by atoms with Crippen LogP contribution in [0.15, 0.2) is 63.1 Å². The van der Waals surface area contributed by atoms with Crippen LogP contribution in [0.5, 0.6) is 0 Å². The number of oxazole rings is 1. The molecule has 9 heteroatoms. The average Bonchev–Trinajstić information content (AvgIpc) is 3.27. The number of rotatable bonds is 5. The maximum Gasteiger partial charge on any atom is 0.234 e. The van der Waals surface area contributed by atoms with E-state index in [-0.39, 0.29) is 27.0 Å². The van der Waals surface area contributed by atoms with E-state index in [0.717, 1.165) is 43.3 Å². The summed E-state index contributed by atoms with van der Waals surface area (Å²) in [5.41, 5.74) is 2.91. The molecule has 1 fully saturated rings. The maximum absolute atomic E-state index is 17.3. The molecule has 1 aliphatic heterocycles. The zero-order valence-electron chi connectivity index (χ0n) is 21.0. The van der Waals surface area contributed by atoms with Crippen LogP contribution in [0.2, 0.25) is 0 Å². The first-order valence-electron chi connectivity index (χ1n) is 12.4. The van der Waals surface area contributed by atoms with Gasteiger partial charge in [0.15, 0.2) is 21.5 Å². The first kappa shape index (κ1) is 25.7. The molecule has 3 aromatic rings. The van der Waals surface area contributed by atoms with Crippen molar-refractivity contribution >= 4 is 32.6 Å².